The van der Waals surface area contributed by atoms with Crippen molar-refractivity contribution in [3.8, 4) is 0 Å². The molecule has 29 heavy (non-hydrogen) atoms. The normalized spacial score (nSPS) is 11.4. The highest BCUT2D eigenvalue weighted by atomic mass is 32.2. The fraction of sp³-hybridized carbons (Fsp3) is 0. The molecule has 0 saturated heterocycles. The van der Waals surface area contributed by atoms with Gasteiger partial charge in [-0.2, -0.15) is 0 Å². The zero-order valence-electron chi connectivity index (χ0n) is 15.0. The molecule has 1 amide bonds. The van der Waals surface area contributed by atoms with Gasteiger partial charge in [-0.25, -0.2) is 17.2 Å². The highest BCUT2D eigenvalue weighted by Gasteiger charge is 2.14. The minimum absolute atomic E-state index is 0.0674. The van der Waals surface area contributed by atoms with Gasteiger partial charge in [0.2, 0.25) is 5.91 Å². The molecule has 3 aromatic rings. The van der Waals surface area contributed by atoms with E-state index in [0.717, 1.165) is 12.1 Å². The number of hydrogen-bond donors (Lipinski definition) is 2. The van der Waals surface area contributed by atoms with Gasteiger partial charge in [-0.1, -0.05) is 12.1 Å². The van der Waals surface area contributed by atoms with E-state index in [2.05, 4.69) is 10.0 Å². The summed E-state index contributed by atoms with van der Waals surface area (Å²) >= 11 is 0. The molecule has 2 N–H and O–H groups in total. The van der Waals surface area contributed by atoms with Crippen LogP contribution in [0.3, 0.4) is 0 Å². The van der Waals surface area contributed by atoms with E-state index in [1.165, 1.54) is 54.6 Å². The number of anilines is 2. The first kappa shape index (κ1) is 20.2. The summed E-state index contributed by atoms with van der Waals surface area (Å²) < 4.78 is 52.7. The van der Waals surface area contributed by atoms with Crippen LogP contribution in [0, 0.1) is 11.6 Å². The van der Waals surface area contributed by atoms with Crippen molar-refractivity contribution in [1.82, 2.24) is 0 Å². The van der Waals surface area contributed by atoms with Crippen LogP contribution in [0.15, 0.2) is 83.8 Å². The average Bonchev–Trinajstić information content (AvgIpc) is 2.69. The number of carbonyl (C=O) groups excluding carboxylic acids is 1. The van der Waals surface area contributed by atoms with E-state index in [9.17, 15) is 22.0 Å². The lowest BCUT2D eigenvalue weighted by Crippen LogP contribution is -2.13. The Hall–Kier alpha value is -3.52. The second kappa shape index (κ2) is 8.66. The van der Waals surface area contributed by atoms with Crippen molar-refractivity contribution in [1.29, 1.82) is 0 Å². The summed E-state index contributed by atoms with van der Waals surface area (Å²) in [6.45, 7) is 0. The van der Waals surface area contributed by atoms with Crippen LogP contribution in [0.5, 0.6) is 0 Å². The van der Waals surface area contributed by atoms with Crippen LogP contribution in [0.4, 0.5) is 20.2 Å². The second-order valence-corrected chi connectivity index (χ2v) is 7.69. The van der Waals surface area contributed by atoms with Crippen molar-refractivity contribution in [2.75, 3.05) is 10.0 Å². The predicted octanol–water partition coefficient (Wildman–Crippen LogP) is 4.42. The molecule has 148 valence electrons. The fourth-order valence-corrected chi connectivity index (χ4v) is 3.44. The summed E-state index contributed by atoms with van der Waals surface area (Å²) in [5.74, 6) is -1.28. The first-order chi connectivity index (χ1) is 13.8. The molecule has 0 aliphatic rings. The molecule has 0 unspecified atom stereocenters. The summed E-state index contributed by atoms with van der Waals surface area (Å²) in [7, 11) is -3.85. The zero-order valence-corrected chi connectivity index (χ0v) is 15.8. The van der Waals surface area contributed by atoms with Crippen LogP contribution in [0.2, 0.25) is 0 Å². The van der Waals surface area contributed by atoms with Crippen LogP contribution in [-0.2, 0) is 14.8 Å². The summed E-state index contributed by atoms with van der Waals surface area (Å²) in [6.07, 6.45) is 2.85. The summed E-state index contributed by atoms with van der Waals surface area (Å²) in [6, 6.07) is 16.2. The molecular weight excluding hydrogens is 398 g/mol. The number of halogens is 2. The van der Waals surface area contributed by atoms with Crippen molar-refractivity contribution in [2.45, 2.75) is 4.90 Å². The number of nitrogens with one attached hydrogen (secondary N) is 2. The molecule has 0 aliphatic carbocycles. The highest BCUT2D eigenvalue weighted by Crippen LogP contribution is 2.19. The third-order valence-corrected chi connectivity index (χ3v) is 5.22. The molecule has 3 aromatic carbocycles. The highest BCUT2D eigenvalue weighted by molar-refractivity contribution is 7.92. The summed E-state index contributed by atoms with van der Waals surface area (Å²) in [5.41, 5.74) is 1.42. The number of amides is 1. The lowest BCUT2D eigenvalue weighted by atomic mass is 10.2. The summed E-state index contributed by atoms with van der Waals surface area (Å²) in [4.78, 5) is 11.9. The Labute approximate surface area is 166 Å². The molecule has 0 spiro atoms. The molecule has 0 fully saturated rings. The van der Waals surface area contributed by atoms with Crippen molar-refractivity contribution >= 4 is 33.4 Å². The minimum Gasteiger partial charge on any atom is -0.323 e. The van der Waals surface area contributed by atoms with Gasteiger partial charge in [0.15, 0.2) is 0 Å². The SMILES string of the molecule is O=C(/C=C/c1ccc(F)cc1)Nc1ccc(NS(=O)(=O)c2ccc(F)cc2)cc1. The topological polar surface area (TPSA) is 75.3 Å². The number of sulfonamides is 1. The van der Waals surface area contributed by atoms with Gasteiger partial charge in [0.1, 0.15) is 11.6 Å². The first-order valence-corrected chi connectivity index (χ1v) is 9.93. The third-order valence-electron chi connectivity index (χ3n) is 3.83. The lowest BCUT2D eigenvalue weighted by molar-refractivity contribution is -0.111. The van der Waals surface area contributed by atoms with E-state index in [4.69, 9.17) is 0 Å². The van der Waals surface area contributed by atoms with Crippen LogP contribution in [0.1, 0.15) is 5.56 Å². The second-order valence-electron chi connectivity index (χ2n) is 6.01. The third kappa shape index (κ3) is 5.73. The van der Waals surface area contributed by atoms with Gasteiger partial charge in [-0.05, 0) is 72.3 Å². The van der Waals surface area contributed by atoms with Gasteiger partial charge in [0.25, 0.3) is 10.0 Å². The van der Waals surface area contributed by atoms with Crippen LogP contribution in [0.25, 0.3) is 6.08 Å². The molecule has 5 nitrogen and oxygen atoms in total. The molecule has 0 aliphatic heterocycles. The fourth-order valence-electron chi connectivity index (χ4n) is 2.38. The van der Waals surface area contributed by atoms with E-state index in [1.54, 1.807) is 18.2 Å². The Morgan fingerprint density at radius 3 is 1.86 bits per heavy atom. The van der Waals surface area contributed by atoms with Gasteiger partial charge < -0.3 is 5.32 Å². The van der Waals surface area contributed by atoms with E-state index in [1.807, 2.05) is 0 Å². The van der Waals surface area contributed by atoms with Crippen LogP contribution in [-0.4, -0.2) is 14.3 Å². The quantitative estimate of drug-likeness (QED) is 0.587. The average molecular weight is 414 g/mol. The minimum atomic E-state index is -3.85. The van der Waals surface area contributed by atoms with Gasteiger partial charge in [-0.3, -0.25) is 9.52 Å². The van der Waals surface area contributed by atoms with Gasteiger partial charge in [0, 0.05) is 17.5 Å². The van der Waals surface area contributed by atoms with Gasteiger partial charge >= 0.3 is 0 Å². The maximum absolute atomic E-state index is 12.9. The van der Waals surface area contributed by atoms with E-state index in [-0.39, 0.29) is 16.4 Å². The monoisotopic (exact) mass is 414 g/mol. The van der Waals surface area contributed by atoms with E-state index in [0.29, 0.717) is 11.3 Å². The largest absolute Gasteiger partial charge is 0.323 e. The molecule has 0 aromatic heterocycles. The molecule has 0 atom stereocenters. The standard InChI is InChI=1S/C21H16F2N2O3S/c22-16-4-1-15(2-5-16)3-14-21(26)24-18-8-10-19(11-9-18)25-29(27,28)20-12-6-17(23)7-13-20/h1-14,25H,(H,24,26)/b14-3+. The number of benzene rings is 3. The van der Waals surface area contributed by atoms with Gasteiger partial charge in [0.05, 0.1) is 4.90 Å². The van der Waals surface area contributed by atoms with Crippen molar-refractivity contribution in [3.05, 3.63) is 96.1 Å². The Morgan fingerprint density at radius 1 is 0.759 bits per heavy atom. The number of rotatable bonds is 6. The molecule has 8 heteroatoms. The van der Waals surface area contributed by atoms with Crippen molar-refractivity contribution < 1.29 is 22.0 Å². The summed E-state index contributed by atoms with van der Waals surface area (Å²) in [5, 5.41) is 2.63. The van der Waals surface area contributed by atoms with E-state index >= 15 is 0 Å². The molecule has 0 heterocycles. The molecule has 0 saturated carbocycles. The number of hydrogen-bond acceptors (Lipinski definition) is 3. The van der Waals surface area contributed by atoms with Crippen LogP contribution >= 0.6 is 0 Å². The maximum Gasteiger partial charge on any atom is 0.261 e. The van der Waals surface area contributed by atoms with Gasteiger partial charge in [-0.15, -0.1) is 0 Å². The predicted molar refractivity (Wildman–Crippen MR) is 108 cm³/mol. The van der Waals surface area contributed by atoms with E-state index < -0.39 is 21.7 Å². The Morgan fingerprint density at radius 2 is 1.28 bits per heavy atom. The smallest absolute Gasteiger partial charge is 0.261 e. The Kier molecular flexibility index (Phi) is 6.04. The zero-order chi connectivity index (χ0) is 20.9. The first-order valence-electron chi connectivity index (χ1n) is 8.45. The molecule has 0 radical (unpaired) electrons. The molecular formula is C21H16F2N2O3S. The maximum atomic E-state index is 12.9. The van der Waals surface area contributed by atoms with Crippen LogP contribution < -0.4 is 10.0 Å². The Balaban J connectivity index is 1.61. The molecule has 0 bridgehead atoms. The number of carbonyl (C=O) groups is 1. The van der Waals surface area contributed by atoms with Crippen molar-refractivity contribution in [3.63, 3.8) is 0 Å². The molecule has 3 rings (SSSR count). The lowest BCUT2D eigenvalue weighted by Gasteiger charge is -2.09. The van der Waals surface area contributed by atoms with Crippen molar-refractivity contribution in [2.24, 2.45) is 0 Å². The Bertz CT molecular complexity index is 1130.